The third-order valence-electron chi connectivity index (χ3n) is 6.06. The van der Waals surface area contributed by atoms with Crippen molar-refractivity contribution in [2.45, 2.75) is 38.4 Å². The third-order valence-corrected chi connectivity index (χ3v) is 6.06. The van der Waals surface area contributed by atoms with E-state index in [0.717, 1.165) is 36.3 Å². The van der Waals surface area contributed by atoms with Gasteiger partial charge in [0.2, 0.25) is 5.75 Å². The van der Waals surface area contributed by atoms with Gasteiger partial charge in [-0.25, -0.2) is 0 Å². The number of ether oxygens (including phenoxy) is 4. The zero-order valence-corrected chi connectivity index (χ0v) is 17.0. The Labute approximate surface area is 165 Å². The second-order valence-corrected chi connectivity index (χ2v) is 7.45. The van der Waals surface area contributed by atoms with Crippen LogP contribution in [0.3, 0.4) is 0 Å². The van der Waals surface area contributed by atoms with E-state index in [1.807, 2.05) is 12.1 Å². The summed E-state index contributed by atoms with van der Waals surface area (Å²) in [4.78, 5) is 2.48. The van der Waals surface area contributed by atoms with Gasteiger partial charge in [-0.15, -0.1) is 0 Å². The molecule has 6 heteroatoms. The van der Waals surface area contributed by atoms with Gasteiger partial charge in [-0.1, -0.05) is 0 Å². The predicted octanol–water partition coefficient (Wildman–Crippen LogP) is 3.47. The number of hydrogen-bond acceptors (Lipinski definition) is 6. The second-order valence-electron chi connectivity index (χ2n) is 7.45. The standard InChI is InChI=1S/C22H27NO5/c1-12-6-13-8-19(25-2)18(24)10-15(13)17-7-14-9-20(26-3)22(28-5)21(27-4)16(14)11-23(12)17/h8-10,12,17,24H,6-7,11H2,1-5H3/t12?,17-/m0/s1. The summed E-state index contributed by atoms with van der Waals surface area (Å²) in [5.41, 5.74) is 4.73. The summed E-state index contributed by atoms with van der Waals surface area (Å²) >= 11 is 0. The largest absolute Gasteiger partial charge is 0.504 e. The van der Waals surface area contributed by atoms with Crippen LogP contribution in [0.4, 0.5) is 0 Å². The van der Waals surface area contributed by atoms with Gasteiger partial charge in [0, 0.05) is 24.2 Å². The normalized spacial score (nSPS) is 20.6. The molecule has 6 nitrogen and oxygen atoms in total. The van der Waals surface area contributed by atoms with E-state index >= 15 is 0 Å². The summed E-state index contributed by atoms with van der Waals surface area (Å²) in [7, 11) is 6.53. The molecule has 2 aliphatic rings. The van der Waals surface area contributed by atoms with Crippen LogP contribution in [-0.4, -0.2) is 44.5 Å². The zero-order valence-electron chi connectivity index (χ0n) is 17.0. The van der Waals surface area contributed by atoms with Gasteiger partial charge in [-0.3, -0.25) is 4.90 Å². The molecule has 150 valence electrons. The highest BCUT2D eigenvalue weighted by molar-refractivity contribution is 5.60. The van der Waals surface area contributed by atoms with Crippen molar-refractivity contribution in [1.82, 2.24) is 4.90 Å². The predicted molar refractivity (Wildman–Crippen MR) is 106 cm³/mol. The maximum atomic E-state index is 10.4. The lowest BCUT2D eigenvalue weighted by molar-refractivity contribution is 0.103. The van der Waals surface area contributed by atoms with E-state index in [4.69, 9.17) is 18.9 Å². The zero-order chi connectivity index (χ0) is 20.0. The van der Waals surface area contributed by atoms with Gasteiger partial charge >= 0.3 is 0 Å². The van der Waals surface area contributed by atoms with Crippen LogP contribution in [0.1, 0.15) is 35.2 Å². The van der Waals surface area contributed by atoms with E-state index in [-0.39, 0.29) is 11.8 Å². The molecule has 0 aliphatic carbocycles. The minimum absolute atomic E-state index is 0.186. The number of methoxy groups -OCH3 is 4. The highest BCUT2D eigenvalue weighted by Crippen LogP contribution is 2.49. The van der Waals surface area contributed by atoms with Gasteiger partial charge in [-0.2, -0.15) is 0 Å². The first-order chi connectivity index (χ1) is 13.5. The highest BCUT2D eigenvalue weighted by atomic mass is 16.5. The lowest BCUT2D eigenvalue weighted by Gasteiger charge is -2.45. The molecule has 2 aromatic rings. The molecule has 0 saturated carbocycles. The van der Waals surface area contributed by atoms with E-state index in [9.17, 15) is 5.11 Å². The summed E-state index contributed by atoms with van der Waals surface area (Å²) in [5.74, 6) is 2.77. The Bertz CT molecular complexity index is 911. The molecule has 0 fully saturated rings. The molecule has 2 aliphatic heterocycles. The van der Waals surface area contributed by atoms with Crippen molar-refractivity contribution in [1.29, 1.82) is 0 Å². The van der Waals surface area contributed by atoms with Gasteiger partial charge in [0.25, 0.3) is 0 Å². The van der Waals surface area contributed by atoms with E-state index in [1.54, 1.807) is 28.4 Å². The second kappa shape index (κ2) is 7.09. The molecule has 1 unspecified atom stereocenters. The number of phenolic OH excluding ortho intramolecular Hbond substituents is 1. The van der Waals surface area contributed by atoms with Crippen LogP contribution in [0, 0.1) is 0 Å². The number of rotatable bonds is 4. The Hall–Kier alpha value is -2.60. The Kier molecular flexibility index (Phi) is 4.75. The van der Waals surface area contributed by atoms with Crippen LogP contribution >= 0.6 is 0 Å². The first kappa shape index (κ1) is 18.7. The van der Waals surface area contributed by atoms with Crippen LogP contribution in [0.5, 0.6) is 28.7 Å². The fourth-order valence-corrected chi connectivity index (χ4v) is 4.70. The fourth-order valence-electron chi connectivity index (χ4n) is 4.70. The van der Waals surface area contributed by atoms with E-state index in [1.165, 1.54) is 11.1 Å². The number of hydrogen-bond donors (Lipinski definition) is 1. The SMILES string of the molecule is COc1cc2c(cc1O)[C@@H]1Cc3cc(OC)c(OC)c(OC)c3CN1C(C)C2. The van der Waals surface area contributed by atoms with Crippen molar-refractivity contribution in [2.24, 2.45) is 0 Å². The summed E-state index contributed by atoms with van der Waals surface area (Å²) in [6, 6.07) is 6.43. The molecule has 4 rings (SSSR count). The maximum Gasteiger partial charge on any atom is 0.203 e. The number of fused-ring (bicyclic) bond motifs is 4. The van der Waals surface area contributed by atoms with Gasteiger partial charge in [-0.05, 0) is 54.7 Å². The highest BCUT2D eigenvalue weighted by Gasteiger charge is 2.38. The molecule has 0 aromatic heterocycles. The molecule has 0 saturated heterocycles. The Morgan fingerprint density at radius 3 is 2.18 bits per heavy atom. The molecule has 2 atom stereocenters. The number of phenols is 1. The molecule has 0 bridgehead atoms. The molecule has 0 amide bonds. The van der Waals surface area contributed by atoms with E-state index < -0.39 is 0 Å². The van der Waals surface area contributed by atoms with Gasteiger partial charge < -0.3 is 24.1 Å². The molecule has 2 aromatic carbocycles. The Morgan fingerprint density at radius 2 is 1.54 bits per heavy atom. The smallest absolute Gasteiger partial charge is 0.203 e. The molecule has 28 heavy (non-hydrogen) atoms. The topological polar surface area (TPSA) is 60.4 Å². The van der Waals surface area contributed by atoms with Crippen molar-refractivity contribution in [2.75, 3.05) is 28.4 Å². The first-order valence-corrected chi connectivity index (χ1v) is 9.48. The summed E-state index contributed by atoms with van der Waals surface area (Å²) in [6.07, 6.45) is 1.72. The Morgan fingerprint density at radius 1 is 0.857 bits per heavy atom. The maximum absolute atomic E-state index is 10.4. The van der Waals surface area contributed by atoms with E-state index in [0.29, 0.717) is 23.3 Å². The number of nitrogens with zero attached hydrogens (tertiary/aromatic N) is 1. The van der Waals surface area contributed by atoms with Crippen molar-refractivity contribution >= 4 is 0 Å². The van der Waals surface area contributed by atoms with Crippen LogP contribution in [0.25, 0.3) is 0 Å². The van der Waals surface area contributed by atoms with Gasteiger partial charge in [0.05, 0.1) is 28.4 Å². The van der Waals surface area contributed by atoms with Gasteiger partial charge in [0.1, 0.15) is 0 Å². The summed E-state index contributed by atoms with van der Waals surface area (Å²) in [5, 5.41) is 10.4. The third kappa shape index (κ3) is 2.75. The number of benzene rings is 2. The minimum Gasteiger partial charge on any atom is -0.504 e. The van der Waals surface area contributed by atoms with Crippen molar-refractivity contribution in [3.8, 4) is 28.7 Å². The van der Waals surface area contributed by atoms with Crippen LogP contribution in [0.15, 0.2) is 18.2 Å². The van der Waals surface area contributed by atoms with Crippen molar-refractivity contribution < 1.29 is 24.1 Å². The number of aromatic hydroxyl groups is 1. The molecule has 0 spiro atoms. The van der Waals surface area contributed by atoms with Gasteiger partial charge in [0.15, 0.2) is 23.0 Å². The van der Waals surface area contributed by atoms with Crippen LogP contribution in [0.2, 0.25) is 0 Å². The van der Waals surface area contributed by atoms with Crippen molar-refractivity contribution in [3.63, 3.8) is 0 Å². The Balaban J connectivity index is 1.84. The molecular weight excluding hydrogens is 358 g/mol. The molecule has 1 N–H and O–H groups in total. The average Bonchev–Trinajstić information content (AvgIpc) is 2.71. The monoisotopic (exact) mass is 385 g/mol. The minimum atomic E-state index is 0.186. The van der Waals surface area contributed by atoms with Crippen LogP contribution in [-0.2, 0) is 19.4 Å². The quantitative estimate of drug-likeness (QED) is 0.870. The average molecular weight is 385 g/mol. The summed E-state index contributed by atoms with van der Waals surface area (Å²) in [6.45, 7) is 3.00. The van der Waals surface area contributed by atoms with Crippen molar-refractivity contribution in [3.05, 3.63) is 40.5 Å². The fraction of sp³-hybridized carbons (Fsp3) is 0.455. The summed E-state index contributed by atoms with van der Waals surface area (Å²) < 4.78 is 22.2. The first-order valence-electron chi connectivity index (χ1n) is 9.48. The van der Waals surface area contributed by atoms with E-state index in [2.05, 4.69) is 17.9 Å². The molecule has 2 heterocycles. The molecular formula is C22H27NO5. The molecule has 0 radical (unpaired) electrons. The lowest BCUT2D eigenvalue weighted by Crippen LogP contribution is -2.45. The lowest BCUT2D eigenvalue weighted by atomic mass is 9.81. The van der Waals surface area contributed by atoms with Crippen LogP contribution < -0.4 is 18.9 Å².